The molecular weight excluding hydrogens is 396 g/mol. The van der Waals surface area contributed by atoms with E-state index in [0.717, 1.165) is 43.1 Å². The van der Waals surface area contributed by atoms with Gasteiger partial charge in [0.15, 0.2) is 5.65 Å². The second-order valence-corrected chi connectivity index (χ2v) is 7.47. The van der Waals surface area contributed by atoms with Gasteiger partial charge < -0.3 is 14.2 Å². The number of ether oxygens (including phenoxy) is 1. The minimum absolute atomic E-state index is 0.0793. The van der Waals surface area contributed by atoms with Gasteiger partial charge in [0.05, 0.1) is 25.3 Å². The van der Waals surface area contributed by atoms with Gasteiger partial charge >= 0.3 is 0 Å². The molecule has 1 fully saturated rings. The van der Waals surface area contributed by atoms with Gasteiger partial charge in [0.25, 0.3) is 0 Å². The summed E-state index contributed by atoms with van der Waals surface area (Å²) in [5, 5.41) is 10.9. The highest BCUT2D eigenvalue weighted by atomic mass is 16.5. The van der Waals surface area contributed by atoms with Crippen LogP contribution in [-0.4, -0.2) is 52.0 Å². The lowest BCUT2D eigenvalue weighted by molar-refractivity contribution is -0.115. The molecule has 1 N–H and O–H groups in total. The number of anilines is 2. The van der Waals surface area contributed by atoms with Gasteiger partial charge in [-0.15, -0.1) is 5.10 Å². The largest absolute Gasteiger partial charge is 0.378 e. The number of carbonyl (C=O) groups excluding carboxylic acids is 1. The molecule has 1 aromatic carbocycles. The first-order chi connectivity index (χ1) is 15.1. The summed E-state index contributed by atoms with van der Waals surface area (Å²) in [7, 11) is 0. The van der Waals surface area contributed by atoms with Crippen molar-refractivity contribution in [3.8, 4) is 11.1 Å². The van der Waals surface area contributed by atoms with Crippen LogP contribution in [-0.2, 0) is 16.0 Å². The second kappa shape index (κ2) is 8.19. The highest BCUT2D eigenvalue weighted by Gasteiger charge is 2.14. The minimum Gasteiger partial charge on any atom is -0.378 e. The van der Waals surface area contributed by atoms with Gasteiger partial charge in [-0.1, -0.05) is 17.3 Å². The van der Waals surface area contributed by atoms with Crippen LogP contribution in [0.2, 0.25) is 0 Å². The number of nitrogens with one attached hydrogen (secondary N) is 1. The molecular formula is C22H22N6O3. The van der Waals surface area contributed by atoms with Crippen LogP contribution in [0, 0.1) is 6.92 Å². The fraction of sp³-hybridized carbons (Fsp3) is 0.273. The number of aromatic nitrogens is 4. The summed E-state index contributed by atoms with van der Waals surface area (Å²) in [6, 6.07) is 14.0. The summed E-state index contributed by atoms with van der Waals surface area (Å²) in [4.78, 5) is 18.9. The van der Waals surface area contributed by atoms with Gasteiger partial charge in [0.1, 0.15) is 5.76 Å². The maximum absolute atomic E-state index is 12.2. The van der Waals surface area contributed by atoms with Crippen molar-refractivity contribution in [2.75, 3.05) is 36.5 Å². The van der Waals surface area contributed by atoms with Crippen LogP contribution < -0.4 is 10.2 Å². The van der Waals surface area contributed by atoms with E-state index in [1.807, 2.05) is 25.3 Å². The molecule has 0 radical (unpaired) electrons. The van der Waals surface area contributed by atoms with E-state index in [9.17, 15) is 4.79 Å². The monoisotopic (exact) mass is 418 g/mol. The first kappa shape index (κ1) is 19.3. The highest BCUT2D eigenvalue weighted by Crippen LogP contribution is 2.26. The standard InChI is InChI=1S/C22H22N6O3/c1-15-11-19(31-26-15)13-21(29)24-22-23-20-6-5-17(14-28(20)25-22)16-3-2-4-18(12-16)27-7-9-30-10-8-27/h2-6,11-12,14H,7-10,13H2,1H3,(H,24,25,29). The molecule has 9 heteroatoms. The number of carbonyl (C=O) groups is 1. The molecule has 1 aliphatic rings. The van der Waals surface area contributed by atoms with Crippen molar-refractivity contribution in [3.63, 3.8) is 0 Å². The number of pyridine rings is 1. The van der Waals surface area contributed by atoms with Gasteiger partial charge in [0.2, 0.25) is 11.9 Å². The lowest BCUT2D eigenvalue weighted by atomic mass is 10.1. The third-order valence-corrected chi connectivity index (χ3v) is 5.15. The summed E-state index contributed by atoms with van der Waals surface area (Å²) >= 11 is 0. The van der Waals surface area contributed by atoms with Crippen molar-refractivity contribution in [1.29, 1.82) is 0 Å². The third-order valence-electron chi connectivity index (χ3n) is 5.15. The maximum atomic E-state index is 12.2. The molecule has 9 nitrogen and oxygen atoms in total. The SMILES string of the molecule is Cc1cc(CC(=O)Nc2nc3ccc(-c4cccc(N5CCOCC5)c4)cn3n2)on1. The number of morpholine rings is 1. The van der Waals surface area contributed by atoms with Crippen LogP contribution in [0.15, 0.2) is 53.2 Å². The van der Waals surface area contributed by atoms with Gasteiger partial charge in [-0.05, 0) is 36.8 Å². The molecule has 0 atom stereocenters. The van der Waals surface area contributed by atoms with E-state index in [1.54, 1.807) is 10.6 Å². The molecule has 158 valence electrons. The topological polar surface area (TPSA) is 97.8 Å². The summed E-state index contributed by atoms with van der Waals surface area (Å²) in [6.07, 6.45) is 1.99. The number of hydrogen-bond acceptors (Lipinski definition) is 7. The predicted molar refractivity (Wildman–Crippen MR) is 115 cm³/mol. The minimum atomic E-state index is -0.259. The number of nitrogens with zero attached hydrogens (tertiary/aromatic N) is 5. The molecule has 1 saturated heterocycles. The molecule has 0 spiro atoms. The molecule has 3 aromatic heterocycles. The lowest BCUT2D eigenvalue weighted by Gasteiger charge is -2.29. The smallest absolute Gasteiger partial charge is 0.249 e. The highest BCUT2D eigenvalue weighted by molar-refractivity contribution is 5.90. The van der Waals surface area contributed by atoms with E-state index < -0.39 is 0 Å². The molecule has 0 saturated carbocycles. The zero-order valence-electron chi connectivity index (χ0n) is 17.1. The van der Waals surface area contributed by atoms with Crippen molar-refractivity contribution in [3.05, 3.63) is 60.1 Å². The molecule has 0 bridgehead atoms. The van der Waals surface area contributed by atoms with Crippen molar-refractivity contribution in [2.24, 2.45) is 0 Å². The Hall–Kier alpha value is -3.72. The van der Waals surface area contributed by atoms with E-state index in [1.165, 1.54) is 5.69 Å². The lowest BCUT2D eigenvalue weighted by Crippen LogP contribution is -2.36. The molecule has 31 heavy (non-hydrogen) atoms. The molecule has 0 aliphatic carbocycles. The van der Waals surface area contributed by atoms with Crippen LogP contribution in [0.3, 0.4) is 0 Å². The quantitative estimate of drug-likeness (QED) is 0.532. The fourth-order valence-electron chi connectivity index (χ4n) is 3.64. The van der Waals surface area contributed by atoms with Crippen molar-refractivity contribution in [2.45, 2.75) is 13.3 Å². The normalized spacial score (nSPS) is 14.2. The van der Waals surface area contributed by atoms with E-state index in [0.29, 0.717) is 11.4 Å². The Morgan fingerprint density at radius 2 is 2.00 bits per heavy atom. The van der Waals surface area contributed by atoms with Gasteiger partial charge in [-0.25, -0.2) is 4.52 Å². The predicted octanol–water partition coefficient (Wildman–Crippen LogP) is 2.71. The molecule has 4 heterocycles. The molecule has 0 unspecified atom stereocenters. The van der Waals surface area contributed by atoms with Gasteiger partial charge in [-0.2, -0.15) is 4.98 Å². The van der Waals surface area contributed by atoms with Crippen LogP contribution in [0.4, 0.5) is 11.6 Å². The third kappa shape index (κ3) is 4.26. The van der Waals surface area contributed by atoms with Crippen molar-refractivity contribution < 1.29 is 14.1 Å². The van der Waals surface area contributed by atoms with Crippen molar-refractivity contribution >= 4 is 23.2 Å². The maximum Gasteiger partial charge on any atom is 0.249 e. The molecule has 5 rings (SSSR count). The molecule has 4 aromatic rings. The van der Waals surface area contributed by atoms with Gasteiger partial charge in [-0.3, -0.25) is 10.1 Å². The number of aryl methyl sites for hydroxylation is 1. The first-order valence-electron chi connectivity index (χ1n) is 10.2. The van der Waals surface area contributed by atoms with E-state index in [2.05, 4.69) is 49.7 Å². The number of amides is 1. The summed E-state index contributed by atoms with van der Waals surface area (Å²) in [5.74, 6) is 0.493. The van der Waals surface area contributed by atoms with Crippen LogP contribution >= 0.6 is 0 Å². The summed E-state index contributed by atoms with van der Waals surface area (Å²) in [6.45, 7) is 5.09. The Bertz CT molecular complexity index is 1220. The van der Waals surface area contributed by atoms with Crippen LogP contribution in [0.5, 0.6) is 0 Å². The van der Waals surface area contributed by atoms with Crippen LogP contribution in [0.25, 0.3) is 16.8 Å². The Morgan fingerprint density at radius 1 is 1.13 bits per heavy atom. The Kier molecular flexibility index (Phi) is 5.09. The van der Waals surface area contributed by atoms with Crippen molar-refractivity contribution in [1.82, 2.24) is 19.8 Å². The first-order valence-corrected chi connectivity index (χ1v) is 10.2. The number of hydrogen-bond donors (Lipinski definition) is 1. The average Bonchev–Trinajstić information content (AvgIpc) is 3.38. The molecule has 1 amide bonds. The van der Waals surface area contributed by atoms with Gasteiger partial charge in [0, 0.05) is 36.6 Å². The van der Waals surface area contributed by atoms with E-state index in [4.69, 9.17) is 9.26 Å². The van der Waals surface area contributed by atoms with Crippen LogP contribution in [0.1, 0.15) is 11.5 Å². The average molecular weight is 418 g/mol. The second-order valence-electron chi connectivity index (χ2n) is 7.47. The Morgan fingerprint density at radius 3 is 2.81 bits per heavy atom. The number of fused-ring (bicyclic) bond motifs is 1. The van der Waals surface area contributed by atoms with E-state index in [-0.39, 0.29) is 18.3 Å². The number of rotatable bonds is 5. The number of benzene rings is 1. The Balaban J connectivity index is 1.34. The Labute approximate surface area is 178 Å². The fourth-order valence-corrected chi connectivity index (χ4v) is 3.64. The zero-order valence-corrected chi connectivity index (χ0v) is 17.1. The zero-order chi connectivity index (χ0) is 21.2. The summed E-state index contributed by atoms with van der Waals surface area (Å²) < 4.78 is 12.2. The summed E-state index contributed by atoms with van der Waals surface area (Å²) in [5.41, 5.74) is 4.67. The van der Waals surface area contributed by atoms with E-state index >= 15 is 0 Å². The molecule has 1 aliphatic heterocycles.